The first-order chi connectivity index (χ1) is 17.8. The van der Waals surface area contributed by atoms with Crippen molar-refractivity contribution >= 4 is 43.5 Å². The molecule has 3 heterocycles. The maximum absolute atomic E-state index is 14.3. The van der Waals surface area contributed by atoms with E-state index >= 15 is 0 Å². The number of anilines is 1. The van der Waals surface area contributed by atoms with Crippen molar-refractivity contribution in [3.63, 3.8) is 0 Å². The van der Waals surface area contributed by atoms with Gasteiger partial charge in [0.15, 0.2) is 17.8 Å². The Morgan fingerprint density at radius 2 is 2.00 bits per heavy atom. The van der Waals surface area contributed by atoms with Gasteiger partial charge >= 0.3 is 15.2 Å². The fourth-order valence-electron chi connectivity index (χ4n) is 4.28. The van der Waals surface area contributed by atoms with Crippen LogP contribution in [-0.4, -0.2) is 71.0 Å². The summed E-state index contributed by atoms with van der Waals surface area (Å²) in [6.45, 7) is 0.517. The van der Waals surface area contributed by atoms with Crippen LogP contribution in [0.3, 0.4) is 0 Å². The highest BCUT2D eigenvalue weighted by Crippen LogP contribution is 2.55. The van der Waals surface area contributed by atoms with E-state index in [4.69, 9.17) is 30.6 Å². The second-order valence-electron chi connectivity index (χ2n) is 8.85. The van der Waals surface area contributed by atoms with E-state index in [1.165, 1.54) is 23.0 Å². The largest absolute Gasteiger partial charge is 0.396 e. The molecule has 1 aromatic carbocycles. The molecule has 0 amide bonds. The Morgan fingerprint density at radius 1 is 1.29 bits per heavy atom. The van der Waals surface area contributed by atoms with Crippen LogP contribution in [0.5, 0.6) is 0 Å². The number of hydrogen-bond acceptors (Lipinski definition) is 9. The Balaban J connectivity index is 1.58. The predicted octanol–water partition coefficient (Wildman–Crippen LogP) is 2.60. The van der Waals surface area contributed by atoms with E-state index in [1.807, 2.05) is 0 Å². The lowest BCUT2D eigenvalue weighted by atomic mass is 10.00. The topological polar surface area (TPSA) is 196 Å². The van der Waals surface area contributed by atoms with E-state index in [1.54, 1.807) is 25.1 Å². The van der Waals surface area contributed by atoms with Crippen molar-refractivity contribution < 1.29 is 47.7 Å². The molecule has 2 aromatic heterocycles. The lowest BCUT2D eigenvalue weighted by Gasteiger charge is -2.19. The molecule has 3 unspecified atom stereocenters. The lowest BCUT2D eigenvalue weighted by molar-refractivity contribution is -0.0533. The zero-order valence-corrected chi connectivity index (χ0v) is 22.4. The first-order valence-electron chi connectivity index (χ1n) is 11.3. The van der Waals surface area contributed by atoms with Crippen molar-refractivity contribution in [2.45, 2.75) is 31.4 Å². The number of fused-ring (bicyclic) bond motifs is 1. The molecule has 1 saturated heterocycles. The SMILES string of the molecule is C[C@H](Nc1cc(Cl)nc2c1cnn2C1O[C@H](COP(=O)(O)CP(=O)(O)O)C(CO)[C@H]1O)c1ccccc1F. The predicted molar refractivity (Wildman–Crippen MR) is 134 cm³/mol. The van der Waals surface area contributed by atoms with Crippen LogP contribution in [0.4, 0.5) is 10.1 Å². The van der Waals surface area contributed by atoms with Crippen molar-refractivity contribution in [3.8, 4) is 0 Å². The third-order valence-corrected chi connectivity index (χ3v) is 9.71. The zero-order valence-electron chi connectivity index (χ0n) is 19.8. The lowest BCUT2D eigenvalue weighted by Crippen LogP contribution is -2.31. The van der Waals surface area contributed by atoms with E-state index in [0.29, 0.717) is 16.6 Å². The van der Waals surface area contributed by atoms with Crippen molar-refractivity contribution in [1.82, 2.24) is 14.8 Å². The van der Waals surface area contributed by atoms with E-state index in [9.17, 15) is 28.6 Å². The van der Waals surface area contributed by atoms with Crippen molar-refractivity contribution in [2.24, 2.45) is 5.92 Å². The molecule has 0 spiro atoms. The molecule has 17 heteroatoms. The number of nitrogens with one attached hydrogen (secondary N) is 1. The second-order valence-corrected chi connectivity index (χ2v) is 13.2. The van der Waals surface area contributed by atoms with Gasteiger partial charge in [-0.3, -0.25) is 9.13 Å². The van der Waals surface area contributed by atoms with Crippen LogP contribution in [-0.2, 0) is 18.4 Å². The van der Waals surface area contributed by atoms with Gasteiger partial charge in [0.25, 0.3) is 0 Å². The van der Waals surface area contributed by atoms with Gasteiger partial charge in [0.05, 0.1) is 42.6 Å². The van der Waals surface area contributed by atoms with Gasteiger partial charge in [-0.05, 0) is 19.1 Å². The van der Waals surface area contributed by atoms with Crippen molar-refractivity contribution in [2.75, 3.05) is 24.4 Å². The van der Waals surface area contributed by atoms with E-state index in [0.717, 1.165) is 0 Å². The van der Waals surface area contributed by atoms with Crippen LogP contribution in [0, 0.1) is 11.7 Å². The molecule has 0 radical (unpaired) electrons. The number of hydrogen-bond donors (Lipinski definition) is 6. The smallest absolute Gasteiger partial charge is 0.340 e. The van der Waals surface area contributed by atoms with Gasteiger partial charge < -0.3 is 39.5 Å². The molecule has 13 nitrogen and oxygen atoms in total. The molecular weight excluding hydrogens is 569 g/mol. The minimum absolute atomic E-state index is 0.0622. The first kappa shape index (κ1) is 29.0. The summed E-state index contributed by atoms with van der Waals surface area (Å²) >= 11 is 6.24. The normalized spacial score (nSPS) is 24.4. The quantitative estimate of drug-likeness (QED) is 0.148. The number of ether oxygens (including phenoxy) is 1. The minimum Gasteiger partial charge on any atom is -0.396 e. The molecule has 1 fully saturated rings. The summed E-state index contributed by atoms with van der Waals surface area (Å²) < 4.78 is 49.2. The van der Waals surface area contributed by atoms with Gasteiger partial charge in [0, 0.05) is 11.5 Å². The van der Waals surface area contributed by atoms with Gasteiger partial charge in [-0.2, -0.15) is 5.10 Å². The number of aromatic nitrogens is 3. The summed E-state index contributed by atoms with van der Waals surface area (Å²) in [5, 5.41) is 28.6. The molecule has 6 N–H and O–H groups in total. The monoisotopic (exact) mass is 594 g/mol. The summed E-state index contributed by atoms with van der Waals surface area (Å²) in [4.78, 5) is 31.9. The highest BCUT2D eigenvalue weighted by molar-refractivity contribution is 7.70. The highest BCUT2D eigenvalue weighted by Gasteiger charge is 2.46. The molecule has 0 aliphatic carbocycles. The maximum atomic E-state index is 14.3. The van der Waals surface area contributed by atoms with Crippen molar-refractivity contribution in [3.05, 3.63) is 53.1 Å². The summed E-state index contributed by atoms with van der Waals surface area (Å²) in [5.41, 5.74) is 1.09. The molecule has 3 aromatic rings. The molecule has 4 rings (SSSR count). The Hall–Kier alpha value is -1.96. The summed E-state index contributed by atoms with van der Waals surface area (Å²) in [6, 6.07) is 7.35. The number of halogens is 2. The molecule has 38 heavy (non-hydrogen) atoms. The Morgan fingerprint density at radius 3 is 2.66 bits per heavy atom. The van der Waals surface area contributed by atoms with E-state index in [-0.39, 0.29) is 10.8 Å². The van der Waals surface area contributed by atoms with Crippen LogP contribution in [0.2, 0.25) is 5.15 Å². The van der Waals surface area contributed by atoms with Crippen molar-refractivity contribution in [1.29, 1.82) is 0 Å². The second kappa shape index (κ2) is 11.3. The Labute approximate surface area is 220 Å². The average molecular weight is 595 g/mol. The summed E-state index contributed by atoms with van der Waals surface area (Å²) in [5.74, 6) is -2.78. The third-order valence-electron chi connectivity index (χ3n) is 6.06. The zero-order chi connectivity index (χ0) is 27.8. The maximum Gasteiger partial charge on any atom is 0.340 e. The van der Waals surface area contributed by atoms with Crippen LogP contribution < -0.4 is 5.32 Å². The first-order valence-corrected chi connectivity index (χ1v) is 15.2. The number of nitrogens with zero attached hydrogens (tertiary/aromatic N) is 3. The number of aliphatic hydroxyl groups is 2. The van der Waals surface area contributed by atoms with Gasteiger partial charge in [0.1, 0.15) is 17.1 Å². The molecule has 0 bridgehead atoms. The molecule has 1 aliphatic rings. The standard InChI is InChI=1S/C21H26ClFN4O9P2/c1-11(12-4-2-3-5-15(12)23)25-16-6-18(22)26-20-13(16)7-24-27(20)21-19(29)14(8-28)17(36-21)9-35-38(33,34)10-37(30,31)32/h2-7,11,14,17,19,21,28-29H,8-10H2,1H3,(H,25,26)(H,33,34)(H2,30,31,32)/t11-,14?,17+,19+,21?/m0/s1. The van der Waals surface area contributed by atoms with Gasteiger partial charge in [-0.15, -0.1) is 0 Å². The third kappa shape index (κ3) is 6.43. The van der Waals surface area contributed by atoms with Gasteiger partial charge in [-0.25, -0.2) is 14.1 Å². The molecule has 0 saturated carbocycles. The molecule has 6 atom stereocenters. The number of aliphatic hydroxyl groups excluding tert-OH is 2. The number of rotatable bonds is 10. The van der Waals surface area contributed by atoms with Crippen LogP contribution in [0.1, 0.15) is 24.8 Å². The summed E-state index contributed by atoms with van der Waals surface area (Å²) in [6.07, 6.45) is -2.29. The average Bonchev–Trinajstić information content (AvgIpc) is 3.36. The summed E-state index contributed by atoms with van der Waals surface area (Å²) in [7, 11) is -9.54. The Kier molecular flexibility index (Phi) is 8.61. The number of pyridine rings is 1. The van der Waals surface area contributed by atoms with Gasteiger partial charge in [-0.1, -0.05) is 29.8 Å². The Bertz CT molecular complexity index is 1410. The van der Waals surface area contributed by atoms with Gasteiger partial charge in [0.2, 0.25) is 0 Å². The fourth-order valence-corrected chi connectivity index (χ4v) is 7.03. The molecule has 1 aliphatic heterocycles. The fraction of sp³-hybridized carbons (Fsp3) is 0.429. The van der Waals surface area contributed by atoms with Crippen LogP contribution in [0.15, 0.2) is 36.5 Å². The highest BCUT2D eigenvalue weighted by atomic mass is 35.5. The minimum atomic E-state index is -4.84. The van der Waals surface area contributed by atoms with E-state index < -0.39 is 70.5 Å². The molecular formula is C21H26ClFN4O9P2. The number of benzene rings is 1. The molecule has 208 valence electrons. The van der Waals surface area contributed by atoms with Crippen LogP contribution >= 0.6 is 26.8 Å². The van der Waals surface area contributed by atoms with E-state index in [2.05, 4.69) is 15.4 Å². The van der Waals surface area contributed by atoms with Crippen LogP contribution in [0.25, 0.3) is 11.0 Å².